The summed E-state index contributed by atoms with van der Waals surface area (Å²) in [5.74, 6) is 0. The Labute approximate surface area is 96.1 Å². The molecular formula is C12H19N3O. The van der Waals surface area contributed by atoms with Crippen LogP contribution in [0.5, 0.6) is 0 Å². The second-order valence-corrected chi connectivity index (χ2v) is 4.14. The first-order valence-electron chi connectivity index (χ1n) is 5.76. The number of rotatable bonds is 2. The van der Waals surface area contributed by atoms with Crippen LogP contribution < -0.4 is 11.1 Å². The van der Waals surface area contributed by atoms with Crippen LogP contribution in [0.2, 0.25) is 0 Å². The first-order valence-corrected chi connectivity index (χ1v) is 5.76. The highest BCUT2D eigenvalue weighted by atomic mass is 16.3. The minimum absolute atomic E-state index is 0.582. The fourth-order valence-corrected chi connectivity index (χ4v) is 2.05. The van der Waals surface area contributed by atoms with Gasteiger partial charge in [-0.1, -0.05) is 18.2 Å². The first kappa shape index (κ1) is 11.4. The Hall–Kier alpha value is -1.10. The van der Waals surface area contributed by atoms with E-state index in [1.165, 1.54) is 0 Å². The predicted molar refractivity (Wildman–Crippen MR) is 64.9 cm³/mol. The molecule has 0 aliphatic carbocycles. The molecule has 16 heavy (non-hydrogen) atoms. The van der Waals surface area contributed by atoms with E-state index in [0.717, 1.165) is 38.2 Å². The van der Waals surface area contributed by atoms with Crippen LogP contribution in [-0.4, -0.2) is 36.2 Å². The molecule has 0 spiro atoms. The molecule has 4 heteroatoms. The van der Waals surface area contributed by atoms with E-state index in [-0.39, 0.29) is 0 Å². The molecule has 1 atom stereocenters. The van der Waals surface area contributed by atoms with E-state index in [1.54, 1.807) is 0 Å². The Morgan fingerprint density at radius 1 is 1.25 bits per heavy atom. The number of nitrogens with two attached hydrogens (primary N) is 1. The highest BCUT2D eigenvalue weighted by Gasteiger charge is 2.19. The maximum Gasteiger partial charge on any atom is 0.135 e. The highest BCUT2D eigenvalue weighted by molar-refractivity contribution is 5.47. The summed E-state index contributed by atoms with van der Waals surface area (Å²) in [5.41, 5.74) is 7.33. The topological polar surface area (TPSA) is 61.5 Å². The molecule has 1 aliphatic heterocycles. The highest BCUT2D eigenvalue weighted by Crippen LogP contribution is 2.23. The SMILES string of the molecule is Nc1ccccc1C(O)N1CCCNCC1. The van der Waals surface area contributed by atoms with Gasteiger partial charge in [-0.05, 0) is 19.0 Å². The van der Waals surface area contributed by atoms with Gasteiger partial charge in [0.2, 0.25) is 0 Å². The fraction of sp³-hybridized carbons (Fsp3) is 0.500. The van der Waals surface area contributed by atoms with Gasteiger partial charge in [0.25, 0.3) is 0 Å². The standard InChI is InChI=1S/C12H19N3O/c13-11-5-2-1-4-10(11)12(16)15-8-3-6-14-7-9-15/h1-2,4-5,12,14,16H,3,6-9,13H2. The molecule has 0 bridgehead atoms. The summed E-state index contributed by atoms with van der Waals surface area (Å²) in [6.45, 7) is 3.70. The molecule has 0 radical (unpaired) electrons. The van der Waals surface area contributed by atoms with Crippen molar-refractivity contribution in [3.8, 4) is 0 Å². The van der Waals surface area contributed by atoms with Crippen molar-refractivity contribution in [2.75, 3.05) is 31.9 Å². The van der Waals surface area contributed by atoms with Gasteiger partial charge < -0.3 is 16.2 Å². The van der Waals surface area contributed by atoms with Gasteiger partial charge in [0, 0.05) is 30.9 Å². The Morgan fingerprint density at radius 3 is 2.88 bits per heavy atom. The van der Waals surface area contributed by atoms with Crippen LogP contribution in [0.3, 0.4) is 0 Å². The van der Waals surface area contributed by atoms with Gasteiger partial charge in [-0.15, -0.1) is 0 Å². The molecule has 1 aromatic carbocycles. The first-order chi connectivity index (χ1) is 7.79. The molecule has 1 saturated heterocycles. The van der Waals surface area contributed by atoms with Gasteiger partial charge >= 0.3 is 0 Å². The number of hydrogen-bond acceptors (Lipinski definition) is 4. The van der Waals surface area contributed by atoms with E-state index >= 15 is 0 Å². The maximum atomic E-state index is 10.3. The molecule has 4 nitrogen and oxygen atoms in total. The van der Waals surface area contributed by atoms with E-state index in [0.29, 0.717) is 5.69 Å². The minimum atomic E-state index is -0.582. The molecule has 1 fully saturated rings. The molecule has 0 aromatic heterocycles. The van der Waals surface area contributed by atoms with Crippen LogP contribution >= 0.6 is 0 Å². The van der Waals surface area contributed by atoms with E-state index < -0.39 is 6.23 Å². The van der Waals surface area contributed by atoms with Gasteiger partial charge in [-0.2, -0.15) is 0 Å². The Kier molecular flexibility index (Phi) is 3.77. The molecule has 1 unspecified atom stereocenters. The molecule has 0 saturated carbocycles. The lowest BCUT2D eigenvalue weighted by atomic mass is 10.1. The van der Waals surface area contributed by atoms with Crippen molar-refractivity contribution in [1.29, 1.82) is 0 Å². The summed E-state index contributed by atoms with van der Waals surface area (Å²) in [6.07, 6.45) is 0.477. The monoisotopic (exact) mass is 221 g/mol. The van der Waals surface area contributed by atoms with E-state index in [2.05, 4.69) is 10.2 Å². The number of nitrogens with zero attached hydrogens (tertiary/aromatic N) is 1. The van der Waals surface area contributed by atoms with E-state index in [1.807, 2.05) is 24.3 Å². The number of nitrogen functional groups attached to an aromatic ring is 1. The van der Waals surface area contributed by atoms with Crippen molar-refractivity contribution in [3.63, 3.8) is 0 Å². The second-order valence-electron chi connectivity index (χ2n) is 4.14. The molecule has 1 aliphatic rings. The number of para-hydroxylation sites is 1. The quantitative estimate of drug-likeness (QED) is 0.638. The summed E-state index contributed by atoms with van der Waals surface area (Å²) in [4.78, 5) is 2.06. The molecular weight excluding hydrogens is 202 g/mol. The van der Waals surface area contributed by atoms with E-state index in [9.17, 15) is 5.11 Å². The van der Waals surface area contributed by atoms with Gasteiger partial charge in [0.1, 0.15) is 6.23 Å². The van der Waals surface area contributed by atoms with E-state index in [4.69, 9.17) is 5.73 Å². The van der Waals surface area contributed by atoms with Crippen molar-refractivity contribution < 1.29 is 5.11 Å². The van der Waals surface area contributed by atoms with Crippen molar-refractivity contribution in [3.05, 3.63) is 29.8 Å². The zero-order chi connectivity index (χ0) is 11.4. The van der Waals surface area contributed by atoms with Gasteiger partial charge in [-0.3, -0.25) is 4.90 Å². The Balaban J connectivity index is 2.11. The zero-order valence-corrected chi connectivity index (χ0v) is 9.39. The number of benzene rings is 1. The largest absolute Gasteiger partial charge is 0.398 e. The number of nitrogens with one attached hydrogen (secondary N) is 1. The van der Waals surface area contributed by atoms with Crippen LogP contribution in [0.1, 0.15) is 18.2 Å². The van der Waals surface area contributed by atoms with Gasteiger partial charge in [0.15, 0.2) is 0 Å². The summed E-state index contributed by atoms with van der Waals surface area (Å²) in [7, 11) is 0. The third-order valence-electron chi connectivity index (χ3n) is 2.99. The minimum Gasteiger partial charge on any atom is -0.398 e. The second kappa shape index (κ2) is 5.30. The third kappa shape index (κ3) is 2.52. The summed E-state index contributed by atoms with van der Waals surface area (Å²) < 4.78 is 0. The fourth-order valence-electron chi connectivity index (χ4n) is 2.05. The molecule has 1 heterocycles. The van der Waals surface area contributed by atoms with Gasteiger partial charge in [-0.25, -0.2) is 0 Å². The third-order valence-corrected chi connectivity index (χ3v) is 2.99. The lowest BCUT2D eigenvalue weighted by Crippen LogP contribution is -2.32. The Morgan fingerprint density at radius 2 is 2.06 bits per heavy atom. The number of aliphatic hydroxyl groups is 1. The average molecular weight is 221 g/mol. The van der Waals surface area contributed by atoms with Crippen molar-refractivity contribution in [1.82, 2.24) is 10.2 Å². The molecule has 2 rings (SSSR count). The number of anilines is 1. The van der Waals surface area contributed by atoms with Gasteiger partial charge in [0.05, 0.1) is 0 Å². The lowest BCUT2D eigenvalue weighted by Gasteiger charge is -2.27. The number of hydrogen-bond donors (Lipinski definition) is 3. The summed E-state index contributed by atoms with van der Waals surface area (Å²) in [5, 5.41) is 13.6. The van der Waals surface area contributed by atoms with Crippen LogP contribution in [0.4, 0.5) is 5.69 Å². The van der Waals surface area contributed by atoms with Crippen LogP contribution in [-0.2, 0) is 0 Å². The number of aliphatic hydroxyl groups excluding tert-OH is 1. The maximum absolute atomic E-state index is 10.3. The summed E-state index contributed by atoms with van der Waals surface area (Å²) in [6, 6.07) is 7.51. The van der Waals surface area contributed by atoms with Crippen molar-refractivity contribution in [2.24, 2.45) is 0 Å². The molecule has 1 aromatic rings. The summed E-state index contributed by atoms with van der Waals surface area (Å²) >= 11 is 0. The van der Waals surface area contributed by atoms with Crippen molar-refractivity contribution >= 4 is 5.69 Å². The van der Waals surface area contributed by atoms with Crippen molar-refractivity contribution in [2.45, 2.75) is 12.6 Å². The predicted octanol–water partition coefficient (Wildman–Crippen LogP) is 0.555. The molecule has 88 valence electrons. The molecule has 4 N–H and O–H groups in total. The molecule has 0 amide bonds. The zero-order valence-electron chi connectivity index (χ0n) is 9.39. The van der Waals surface area contributed by atoms with Crippen LogP contribution in [0.25, 0.3) is 0 Å². The van der Waals surface area contributed by atoms with Crippen LogP contribution in [0.15, 0.2) is 24.3 Å². The van der Waals surface area contributed by atoms with Crippen LogP contribution in [0, 0.1) is 0 Å². The Bertz CT molecular complexity index is 335. The normalized spacial score (nSPS) is 20.3. The lowest BCUT2D eigenvalue weighted by molar-refractivity contribution is 0.00679. The smallest absolute Gasteiger partial charge is 0.135 e. The average Bonchev–Trinajstić information content (AvgIpc) is 2.57.